The Morgan fingerprint density at radius 2 is 2.30 bits per heavy atom. The lowest BCUT2D eigenvalue weighted by atomic mass is 10.2. The summed E-state index contributed by atoms with van der Waals surface area (Å²) < 4.78 is 5.84. The molecule has 0 unspecified atom stereocenters. The molecule has 1 aromatic heterocycles. The van der Waals surface area contributed by atoms with E-state index in [1.165, 1.54) is 6.20 Å². The Labute approximate surface area is 124 Å². The number of aromatic amines is 1. The topological polar surface area (TPSA) is 79.4 Å². The number of hydrogen-bond donors (Lipinski definition) is 2. The third kappa shape index (κ3) is 3.45. The van der Waals surface area contributed by atoms with Crippen molar-refractivity contribution >= 4 is 27.8 Å². The lowest BCUT2D eigenvalue weighted by Crippen LogP contribution is -2.10. The number of para-hydroxylation sites is 1. The zero-order valence-corrected chi connectivity index (χ0v) is 12.3. The Bertz CT molecular complexity index is 669. The first-order valence-corrected chi connectivity index (χ1v) is 6.75. The highest BCUT2D eigenvalue weighted by atomic mass is 79.9. The van der Waals surface area contributed by atoms with Gasteiger partial charge in [0.25, 0.3) is 5.56 Å². The van der Waals surface area contributed by atoms with Crippen LogP contribution in [0.15, 0.2) is 44.8 Å². The second-order valence-corrected chi connectivity index (χ2v) is 4.56. The van der Waals surface area contributed by atoms with Crippen LogP contribution in [0.3, 0.4) is 0 Å². The Morgan fingerprint density at radius 1 is 1.50 bits per heavy atom. The Morgan fingerprint density at radius 3 is 3.10 bits per heavy atom. The maximum absolute atomic E-state index is 11.3. The predicted molar refractivity (Wildman–Crippen MR) is 81.4 cm³/mol. The van der Waals surface area contributed by atoms with Crippen LogP contribution in [0.2, 0.25) is 0 Å². The number of aromatic nitrogens is 2. The molecule has 0 atom stereocenters. The third-order valence-electron chi connectivity index (χ3n) is 2.40. The normalized spacial score (nSPS) is 10.7. The standard InChI is InChI=1S/C13H13BrN4O2/c1-2-20-11-6-4-3-5-9(11)7-15-17-10-8-16-18-13(19)12(10)14/h3-8H,2H2,1H3,(H2,17,18,19). The molecule has 0 saturated heterocycles. The van der Waals surface area contributed by atoms with Gasteiger partial charge in [-0.3, -0.25) is 10.2 Å². The number of halogens is 1. The smallest absolute Gasteiger partial charge is 0.280 e. The lowest BCUT2D eigenvalue weighted by Gasteiger charge is -2.06. The molecule has 20 heavy (non-hydrogen) atoms. The summed E-state index contributed by atoms with van der Waals surface area (Å²) in [5.74, 6) is 0.753. The molecule has 0 aliphatic carbocycles. The van der Waals surface area contributed by atoms with Gasteiger partial charge in [-0.15, -0.1) is 0 Å². The number of rotatable bonds is 5. The summed E-state index contributed by atoms with van der Waals surface area (Å²) in [5, 5.41) is 10.1. The van der Waals surface area contributed by atoms with Gasteiger partial charge in [-0.25, -0.2) is 5.10 Å². The summed E-state index contributed by atoms with van der Waals surface area (Å²) in [5.41, 5.74) is 3.76. The van der Waals surface area contributed by atoms with Crippen LogP contribution in [0.25, 0.3) is 0 Å². The molecule has 1 aromatic carbocycles. The molecule has 0 saturated carbocycles. The molecule has 0 aliphatic heterocycles. The molecule has 6 nitrogen and oxygen atoms in total. The highest BCUT2D eigenvalue weighted by Gasteiger charge is 2.03. The van der Waals surface area contributed by atoms with Crippen LogP contribution in [0.1, 0.15) is 12.5 Å². The van der Waals surface area contributed by atoms with Crippen LogP contribution >= 0.6 is 15.9 Å². The van der Waals surface area contributed by atoms with Crippen molar-refractivity contribution in [1.29, 1.82) is 0 Å². The van der Waals surface area contributed by atoms with E-state index in [1.807, 2.05) is 31.2 Å². The molecule has 2 N–H and O–H groups in total. The minimum Gasteiger partial charge on any atom is -0.493 e. The summed E-state index contributed by atoms with van der Waals surface area (Å²) >= 11 is 3.16. The van der Waals surface area contributed by atoms with Crippen LogP contribution in [0.5, 0.6) is 5.75 Å². The molecule has 0 fully saturated rings. The predicted octanol–water partition coefficient (Wildman–Crippen LogP) is 2.38. The summed E-state index contributed by atoms with van der Waals surface area (Å²) in [6.07, 6.45) is 3.09. The molecular formula is C13H13BrN4O2. The minimum absolute atomic E-state index is 0.320. The van der Waals surface area contributed by atoms with E-state index >= 15 is 0 Å². The van der Waals surface area contributed by atoms with Crippen molar-refractivity contribution < 1.29 is 4.74 Å². The number of hydrazone groups is 1. The Hall–Kier alpha value is -2.15. The zero-order valence-electron chi connectivity index (χ0n) is 10.8. The highest BCUT2D eigenvalue weighted by Crippen LogP contribution is 2.17. The van der Waals surface area contributed by atoms with Gasteiger partial charge < -0.3 is 4.74 Å². The molecule has 2 rings (SSSR count). The maximum atomic E-state index is 11.3. The van der Waals surface area contributed by atoms with Gasteiger partial charge in [-0.1, -0.05) is 12.1 Å². The molecule has 0 radical (unpaired) electrons. The number of anilines is 1. The largest absolute Gasteiger partial charge is 0.493 e. The van der Waals surface area contributed by atoms with Crippen molar-refractivity contribution in [3.05, 3.63) is 50.9 Å². The first-order chi connectivity index (χ1) is 9.72. The summed E-state index contributed by atoms with van der Waals surface area (Å²) in [4.78, 5) is 11.3. The molecule has 104 valence electrons. The molecule has 0 aliphatic rings. The fourth-order valence-electron chi connectivity index (χ4n) is 1.51. The van der Waals surface area contributed by atoms with Gasteiger partial charge in [-0.05, 0) is 35.0 Å². The first kappa shape index (κ1) is 14.3. The number of H-pyrrole nitrogens is 1. The van der Waals surface area contributed by atoms with E-state index in [2.05, 4.69) is 36.7 Å². The van der Waals surface area contributed by atoms with E-state index in [-0.39, 0.29) is 5.56 Å². The monoisotopic (exact) mass is 336 g/mol. The Kier molecular flexibility index (Phi) is 4.89. The van der Waals surface area contributed by atoms with Crippen LogP contribution in [-0.2, 0) is 0 Å². The molecule has 0 bridgehead atoms. The van der Waals surface area contributed by atoms with E-state index in [4.69, 9.17) is 4.74 Å². The fourth-order valence-corrected chi connectivity index (χ4v) is 1.79. The summed E-state index contributed by atoms with van der Waals surface area (Å²) in [7, 11) is 0. The van der Waals surface area contributed by atoms with Crippen molar-refractivity contribution in [2.24, 2.45) is 5.10 Å². The van der Waals surface area contributed by atoms with E-state index in [0.29, 0.717) is 16.8 Å². The van der Waals surface area contributed by atoms with Crippen LogP contribution in [0, 0.1) is 0 Å². The molecule has 0 spiro atoms. The van der Waals surface area contributed by atoms with Gasteiger partial charge in [-0.2, -0.15) is 10.2 Å². The number of benzene rings is 1. The molecule has 2 aromatic rings. The minimum atomic E-state index is -0.320. The van der Waals surface area contributed by atoms with Crippen molar-refractivity contribution in [3.63, 3.8) is 0 Å². The van der Waals surface area contributed by atoms with E-state index in [0.717, 1.165) is 11.3 Å². The van der Waals surface area contributed by atoms with Gasteiger partial charge in [0.05, 0.1) is 24.7 Å². The lowest BCUT2D eigenvalue weighted by molar-refractivity contribution is 0.340. The van der Waals surface area contributed by atoms with Crippen molar-refractivity contribution in [2.45, 2.75) is 6.92 Å². The number of ether oxygens (including phenoxy) is 1. The molecule has 0 amide bonds. The van der Waals surface area contributed by atoms with E-state index in [1.54, 1.807) is 6.21 Å². The van der Waals surface area contributed by atoms with Gasteiger partial charge in [0.2, 0.25) is 0 Å². The number of nitrogens with zero attached hydrogens (tertiary/aromatic N) is 2. The van der Waals surface area contributed by atoms with E-state index < -0.39 is 0 Å². The Balaban J connectivity index is 2.14. The quantitative estimate of drug-likeness (QED) is 0.649. The maximum Gasteiger partial charge on any atom is 0.280 e. The fraction of sp³-hybridized carbons (Fsp3) is 0.154. The molecular weight excluding hydrogens is 324 g/mol. The van der Waals surface area contributed by atoms with Gasteiger partial charge in [0.1, 0.15) is 10.2 Å². The van der Waals surface area contributed by atoms with Crippen molar-refractivity contribution in [2.75, 3.05) is 12.0 Å². The van der Waals surface area contributed by atoms with Crippen LogP contribution < -0.4 is 15.7 Å². The number of nitrogens with one attached hydrogen (secondary N) is 2. The van der Waals surface area contributed by atoms with Crippen LogP contribution in [0.4, 0.5) is 5.69 Å². The second-order valence-electron chi connectivity index (χ2n) is 3.77. The zero-order chi connectivity index (χ0) is 14.4. The third-order valence-corrected chi connectivity index (χ3v) is 3.19. The van der Waals surface area contributed by atoms with Crippen molar-refractivity contribution in [3.8, 4) is 5.75 Å². The van der Waals surface area contributed by atoms with Crippen LogP contribution in [-0.4, -0.2) is 23.0 Å². The first-order valence-electron chi connectivity index (χ1n) is 5.96. The highest BCUT2D eigenvalue weighted by molar-refractivity contribution is 9.10. The SMILES string of the molecule is CCOc1ccccc1C=NNc1cn[nH]c(=O)c1Br. The summed E-state index contributed by atoms with van der Waals surface area (Å²) in [6.45, 7) is 2.51. The average Bonchev–Trinajstić information content (AvgIpc) is 2.45. The van der Waals surface area contributed by atoms with Gasteiger partial charge in [0.15, 0.2) is 0 Å². The van der Waals surface area contributed by atoms with E-state index in [9.17, 15) is 4.79 Å². The number of hydrogen-bond acceptors (Lipinski definition) is 5. The second kappa shape index (κ2) is 6.85. The molecule has 7 heteroatoms. The van der Waals surface area contributed by atoms with Gasteiger partial charge in [0, 0.05) is 5.56 Å². The summed E-state index contributed by atoms with van der Waals surface area (Å²) in [6, 6.07) is 7.55. The van der Waals surface area contributed by atoms with Crippen molar-refractivity contribution in [1.82, 2.24) is 10.2 Å². The van der Waals surface area contributed by atoms with Gasteiger partial charge >= 0.3 is 0 Å². The molecule has 1 heterocycles. The average molecular weight is 337 g/mol.